The predicted molar refractivity (Wildman–Crippen MR) is 103 cm³/mol. The second-order valence-electron chi connectivity index (χ2n) is 7.69. The molecule has 0 amide bonds. The highest BCUT2D eigenvalue weighted by Gasteiger charge is 2.33. The Morgan fingerprint density at radius 2 is 1.81 bits per heavy atom. The minimum Gasteiger partial charge on any atom is -0.313 e. The van der Waals surface area contributed by atoms with Crippen LogP contribution in [0.5, 0.6) is 0 Å². The molecular weight excluding hydrogens is 362 g/mol. The standard InChI is InChI=1S/C19H27N5O2S/c1-15-5-7-17(8-6-15)27(25,26)23-10-3-4-16(14-23)19-21-20-18-9-11-22(2)12-13-24(18)19/h5-8,16H,3-4,9-14H2,1-2H3/t16-/m0/s1. The number of nitrogens with zero attached hydrogens (tertiary/aromatic N) is 5. The number of hydrogen-bond acceptors (Lipinski definition) is 5. The van der Waals surface area contributed by atoms with Crippen molar-refractivity contribution >= 4 is 10.0 Å². The average molecular weight is 390 g/mol. The van der Waals surface area contributed by atoms with Crippen molar-refractivity contribution in [3.63, 3.8) is 0 Å². The molecule has 7 nitrogen and oxygen atoms in total. The summed E-state index contributed by atoms with van der Waals surface area (Å²) in [4.78, 5) is 2.67. The highest BCUT2D eigenvalue weighted by atomic mass is 32.2. The Hall–Kier alpha value is -1.77. The maximum atomic E-state index is 13.1. The third kappa shape index (κ3) is 3.66. The summed E-state index contributed by atoms with van der Waals surface area (Å²) in [5.74, 6) is 2.07. The smallest absolute Gasteiger partial charge is 0.243 e. The van der Waals surface area contributed by atoms with Gasteiger partial charge >= 0.3 is 0 Å². The van der Waals surface area contributed by atoms with Gasteiger partial charge in [0.05, 0.1) is 4.90 Å². The van der Waals surface area contributed by atoms with Crippen molar-refractivity contribution in [3.8, 4) is 0 Å². The van der Waals surface area contributed by atoms with E-state index in [0.717, 1.165) is 56.1 Å². The summed E-state index contributed by atoms with van der Waals surface area (Å²) in [5, 5.41) is 8.86. The van der Waals surface area contributed by atoms with Crippen molar-refractivity contribution in [1.82, 2.24) is 24.0 Å². The summed E-state index contributed by atoms with van der Waals surface area (Å²) < 4.78 is 30.0. The molecule has 2 aromatic rings. The molecule has 0 saturated carbocycles. The lowest BCUT2D eigenvalue weighted by Gasteiger charge is -2.31. The molecule has 8 heteroatoms. The molecule has 0 radical (unpaired) electrons. The first-order valence-corrected chi connectivity index (χ1v) is 11.1. The Kier molecular flexibility index (Phi) is 5.05. The third-order valence-corrected chi connectivity index (χ3v) is 7.57. The van der Waals surface area contributed by atoms with Gasteiger partial charge < -0.3 is 9.47 Å². The van der Waals surface area contributed by atoms with Crippen molar-refractivity contribution in [1.29, 1.82) is 0 Å². The Morgan fingerprint density at radius 1 is 1.04 bits per heavy atom. The molecular formula is C19H27N5O2S. The Labute approximate surface area is 161 Å². The highest BCUT2D eigenvalue weighted by Crippen LogP contribution is 2.30. The summed E-state index contributed by atoms with van der Waals surface area (Å²) >= 11 is 0. The summed E-state index contributed by atoms with van der Waals surface area (Å²) in [5.41, 5.74) is 1.06. The highest BCUT2D eigenvalue weighted by molar-refractivity contribution is 7.89. The fraction of sp³-hybridized carbons (Fsp3) is 0.579. The van der Waals surface area contributed by atoms with Crippen LogP contribution >= 0.6 is 0 Å². The molecule has 146 valence electrons. The van der Waals surface area contributed by atoms with Gasteiger partial charge in [-0.15, -0.1) is 10.2 Å². The van der Waals surface area contributed by atoms with E-state index in [-0.39, 0.29) is 5.92 Å². The van der Waals surface area contributed by atoms with Crippen molar-refractivity contribution in [2.75, 3.05) is 33.2 Å². The van der Waals surface area contributed by atoms with Gasteiger partial charge in [0, 0.05) is 45.1 Å². The van der Waals surface area contributed by atoms with Crippen LogP contribution in [0.4, 0.5) is 0 Å². The van der Waals surface area contributed by atoms with E-state index in [2.05, 4.69) is 26.7 Å². The van der Waals surface area contributed by atoms with Gasteiger partial charge in [-0.3, -0.25) is 0 Å². The molecule has 1 aromatic heterocycles. The Balaban J connectivity index is 1.57. The van der Waals surface area contributed by atoms with Crippen molar-refractivity contribution in [2.45, 2.75) is 43.5 Å². The molecule has 0 N–H and O–H groups in total. The summed E-state index contributed by atoms with van der Waals surface area (Å²) in [7, 11) is -1.35. The van der Waals surface area contributed by atoms with Gasteiger partial charge in [-0.05, 0) is 38.9 Å². The molecule has 4 rings (SSSR count). The van der Waals surface area contributed by atoms with E-state index < -0.39 is 10.0 Å². The number of fused-ring (bicyclic) bond motifs is 1. The first-order valence-electron chi connectivity index (χ1n) is 9.62. The maximum Gasteiger partial charge on any atom is 0.243 e. The van der Waals surface area contributed by atoms with E-state index >= 15 is 0 Å². The lowest BCUT2D eigenvalue weighted by molar-refractivity contribution is 0.299. The normalized spacial score (nSPS) is 22.4. The van der Waals surface area contributed by atoms with E-state index in [4.69, 9.17) is 0 Å². The molecule has 1 fully saturated rings. The van der Waals surface area contributed by atoms with E-state index in [0.29, 0.717) is 18.0 Å². The zero-order chi connectivity index (χ0) is 19.0. The van der Waals surface area contributed by atoms with Crippen LogP contribution in [0.3, 0.4) is 0 Å². The quantitative estimate of drug-likeness (QED) is 0.798. The van der Waals surface area contributed by atoms with E-state index in [1.807, 2.05) is 19.1 Å². The SMILES string of the molecule is Cc1ccc(S(=O)(=O)N2CCC[C@H](c3nnc4n3CCN(C)CC4)C2)cc1. The van der Waals surface area contributed by atoms with Gasteiger partial charge in [-0.25, -0.2) is 8.42 Å². The fourth-order valence-corrected chi connectivity index (χ4v) is 5.51. The third-order valence-electron chi connectivity index (χ3n) is 5.69. The van der Waals surface area contributed by atoms with E-state index in [1.165, 1.54) is 0 Å². The van der Waals surface area contributed by atoms with Crippen LogP contribution in [-0.4, -0.2) is 65.6 Å². The van der Waals surface area contributed by atoms with E-state index in [1.54, 1.807) is 16.4 Å². The Morgan fingerprint density at radius 3 is 2.59 bits per heavy atom. The number of aromatic nitrogens is 3. The average Bonchev–Trinajstić information content (AvgIpc) is 2.99. The minimum absolute atomic E-state index is 0.101. The minimum atomic E-state index is -3.47. The number of sulfonamides is 1. The lowest BCUT2D eigenvalue weighted by Crippen LogP contribution is -2.39. The van der Waals surface area contributed by atoms with Gasteiger partial charge in [0.15, 0.2) is 0 Å². The van der Waals surface area contributed by atoms with Crippen LogP contribution in [0, 0.1) is 6.92 Å². The molecule has 1 aromatic carbocycles. The lowest BCUT2D eigenvalue weighted by atomic mass is 9.99. The Bertz CT molecular complexity index is 907. The number of benzene rings is 1. The zero-order valence-electron chi connectivity index (χ0n) is 16.0. The number of likely N-dealkylation sites (N-methyl/N-ethyl adjacent to an activating group) is 1. The second-order valence-corrected chi connectivity index (χ2v) is 9.63. The van der Waals surface area contributed by atoms with Crippen LogP contribution < -0.4 is 0 Å². The van der Waals surface area contributed by atoms with Gasteiger partial charge in [0.1, 0.15) is 11.6 Å². The molecule has 2 aliphatic heterocycles. The zero-order valence-corrected chi connectivity index (χ0v) is 16.8. The van der Waals surface area contributed by atoms with Crippen LogP contribution in [0.1, 0.15) is 36.0 Å². The molecule has 1 saturated heterocycles. The summed E-state index contributed by atoms with van der Waals surface area (Å²) in [6, 6.07) is 7.10. The number of piperidine rings is 1. The molecule has 1 atom stereocenters. The van der Waals surface area contributed by atoms with Crippen LogP contribution in [-0.2, 0) is 23.0 Å². The molecule has 0 aliphatic carbocycles. The topological polar surface area (TPSA) is 71.3 Å². The number of aryl methyl sites for hydroxylation is 1. The number of hydrogen-bond donors (Lipinski definition) is 0. The predicted octanol–water partition coefficient (Wildman–Crippen LogP) is 1.64. The van der Waals surface area contributed by atoms with Gasteiger partial charge in [-0.2, -0.15) is 4.31 Å². The van der Waals surface area contributed by atoms with Crippen molar-refractivity contribution in [3.05, 3.63) is 41.5 Å². The van der Waals surface area contributed by atoms with Crippen LogP contribution in [0.25, 0.3) is 0 Å². The first-order chi connectivity index (χ1) is 12.9. The van der Waals surface area contributed by atoms with E-state index in [9.17, 15) is 8.42 Å². The second kappa shape index (κ2) is 7.33. The van der Waals surface area contributed by atoms with Crippen LogP contribution in [0.2, 0.25) is 0 Å². The monoisotopic (exact) mass is 389 g/mol. The largest absolute Gasteiger partial charge is 0.313 e. The van der Waals surface area contributed by atoms with Crippen molar-refractivity contribution < 1.29 is 8.42 Å². The first kappa shape index (κ1) is 18.6. The summed E-state index contributed by atoms with van der Waals surface area (Å²) in [6.45, 7) is 5.82. The molecule has 27 heavy (non-hydrogen) atoms. The molecule has 0 bridgehead atoms. The number of rotatable bonds is 3. The van der Waals surface area contributed by atoms with Gasteiger partial charge in [0.25, 0.3) is 0 Å². The summed E-state index contributed by atoms with van der Waals surface area (Å²) in [6.07, 6.45) is 2.69. The maximum absolute atomic E-state index is 13.1. The van der Waals surface area contributed by atoms with Crippen molar-refractivity contribution in [2.24, 2.45) is 0 Å². The fourth-order valence-electron chi connectivity index (χ4n) is 3.98. The molecule has 3 heterocycles. The molecule has 0 spiro atoms. The molecule has 2 aliphatic rings. The van der Waals surface area contributed by atoms with Gasteiger partial charge in [-0.1, -0.05) is 17.7 Å². The molecule has 0 unspecified atom stereocenters. The van der Waals surface area contributed by atoms with Gasteiger partial charge in [0.2, 0.25) is 10.0 Å². The van der Waals surface area contributed by atoms with Crippen LogP contribution in [0.15, 0.2) is 29.2 Å².